The van der Waals surface area contributed by atoms with E-state index in [1.165, 1.54) is 0 Å². The Bertz CT molecular complexity index is 340. The van der Waals surface area contributed by atoms with Gasteiger partial charge < -0.3 is 0 Å². The molecule has 1 heterocycles. The Morgan fingerprint density at radius 3 is 2.86 bits per heavy atom. The maximum Gasteiger partial charge on any atom is 0.392 e. The lowest BCUT2D eigenvalue weighted by Crippen LogP contribution is -2.28. The molecule has 0 unspecified atom stereocenters. The van der Waals surface area contributed by atoms with Crippen LogP contribution in [0.3, 0.4) is 0 Å². The molecule has 0 amide bonds. The van der Waals surface area contributed by atoms with Crippen LogP contribution >= 0.6 is 0 Å². The minimum absolute atomic E-state index is 0.0900. The third kappa shape index (κ3) is 1.63. The monoisotopic (exact) mass is 204 g/mol. The molecule has 0 aromatic carbocycles. The van der Waals surface area contributed by atoms with Gasteiger partial charge >= 0.3 is 6.18 Å². The average molecular weight is 204 g/mol. The largest absolute Gasteiger partial charge is 0.392 e. The quantitative estimate of drug-likeness (QED) is 0.632. The first-order valence-corrected chi connectivity index (χ1v) is 4.55. The molecule has 78 valence electrons. The van der Waals surface area contributed by atoms with Crippen LogP contribution in [0.25, 0.3) is 0 Å². The summed E-state index contributed by atoms with van der Waals surface area (Å²) in [5, 5.41) is 4.12. The SMILES string of the molecule is Cn1cc2c(n1)CC[C@@H](C(F)(F)F)C2. The summed E-state index contributed by atoms with van der Waals surface area (Å²) in [6.45, 7) is 0. The van der Waals surface area contributed by atoms with Gasteiger partial charge in [0.2, 0.25) is 0 Å². The van der Waals surface area contributed by atoms with Crippen molar-refractivity contribution in [3.8, 4) is 0 Å². The number of nitrogens with zero attached hydrogens (tertiary/aromatic N) is 2. The molecule has 1 atom stereocenters. The van der Waals surface area contributed by atoms with E-state index in [1.54, 1.807) is 17.9 Å². The highest BCUT2D eigenvalue weighted by atomic mass is 19.4. The lowest BCUT2D eigenvalue weighted by Gasteiger charge is -2.23. The summed E-state index contributed by atoms with van der Waals surface area (Å²) in [4.78, 5) is 0. The first kappa shape index (κ1) is 9.55. The van der Waals surface area contributed by atoms with Crippen molar-refractivity contribution < 1.29 is 13.2 Å². The van der Waals surface area contributed by atoms with Gasteiger partial charge in [-0.2, -0.15) is 18.3 Å². The molecule has 0 spiro atoms. The van der Waals surface area contributed by atoms with Crippen molar-refractivity contribution >= 4 is 0 Å². The molecule has 1 aliphatic carbocycles. The molecule has 0 saturated carbocycles. The fraction of sp³-hybridized carbons (Fsp3) is 0.667. The molecule has 0 N–H and O–H groups in total. The maximum absolute atomic E-state index is 12.4. The molecule has 2 rings (SSSR count). The Balaban J connectivity index is 2.21. The van der Waals surface area contributed by atoms with Gasteiger partial charge in [-0.1, -0.05) is 0 Å². The number of aromatic nitrogens is 2. The van der Waals surface area contributed by atoms with Gasteiger partial charge in [-0.15, -0.1) is 0 Å². The summed E-state index contributed by atoms with van der Waals surface area (Å²) in [5.41, 5.74) is 1.58. The van der Waals surface area contributed by atoms with Crippen LogP contribution in [0.15, 0.2) is 6.20 Å². The highest BCUT2D eigenvalue weighted by molar-refractivity contribution is 5.21. The zero-order chi connectivity index (χ0) is 10.3. The van der Waals surface area contributed by atoms with Crippen LogP contribution in [0.2, 0.25) is 0 Å². The van der Waals surface area contributed by atoms with Crippen molar-refractivity contribution in [2.75, 3.05) is 0 Å². The number of hydrogen-bond donors (Lipinski definition) is 0. The first-order chi connectivity index (χ1) is 6.47. The highest BCUT2D eigenvalue weighted by Gasteiger charge is 2.41. The van der Waals surface area contributed by atoms with Crippen LogP contribution in [-0.4, -0.2) is 16.0 Å². The number of aryl methyl sites for hydroxylation is 2. The van der Waals surface area contributed by atoms with Crippen molar-refractivity contribution in [3.63, 3.8) is 0 Å². The molecular formula is C9H11F3N2. The minimum Gasteiger partial charge on any atom is -0.275 e. The molecule has 0 radical (unpaired) electrons. The van der Waals surface area contributed by atoms with E-state index in [0.29, 0.717) is 6.42 Å². The lowest BCUT2D eigenvalue weighted by molar-refractivity contribution is -0.177. The van der Waals surface area contributed by atoms with Gasteiger partial charge in [0.05, 0.1) is 11.6 Å². The molecule has 1 aromatic heterocycles. The lowest BCUT2D eigenvalue weighted by atomic mass is 9.87. The summed E-state index contributed by atoms with van der Waals surface area (Å²) in [6.07, 6.45) is -1.67. The molecule has 5 heteroatoms. The van der Waals surface area contributed by atoms with Gasteiger partial charge in [-0.05, 0) is 24.8 Å². The van der Waals surface area contributed by atoms with E-state index in [2.05, 4.69) is 5.10 Å². The Morgan fingerprint density at radius 2 is 2.21 bits per heavy atom. The second-order valence-corrected chi connectivity index (χ2v) is 3.76. The van der Waals surface area contributed by atoms with Crippen molar-refractivity contribution in [1.82, 2.24) is 9.78 Å². The maximum atomic E-state index is 12.4. The van der Waals surface area contributed by atoms with E-state index >= 15 is 0 Å². The summed E-state index contributed by atoms with van der Waals surface area (Å²) < 4.78 is 38.8. The van der Waals surface area contributed by atoms with Gasteiger partial charge in [0.15, 0.2) is 0 Å². The fourth-order valence-corrected chi connectivity index (χ4v) is 1.92. The second-order valence-electron chi connectivity index (χ2n) is 3.76. The van der Waals surface area contributed by atoms with Gasteiger partial charge in [0, 0.05) is 13.2 Å². The normalized spacial score (nSPS) is 22.1. The predicted molar refractivity (Wildman–Crippen MR) is 44.8 cm³/mol. The minimum atomic E-state index is -4.06. The number of fused-ring (bicyclic) bond motifs is 1. The fourth-order valence-electron chi connectivity index (χ4n) is 1.92. The summed E-state index contributed by atoms with van der Waals surface area (Å²) in [5.74, 6) is -1.18. The van der Waals surface area contributed by atoms with Crippen LogP contribution in [0, 0.1) is 5.92 Å². The van der Waals surface area contributed by atoms with Crippen molar-refractivity contribution in [1.29, 1.82) is 0 Å². The van der Waals surface area contributed by atoms with Crippen LogP contribution in [0.1, 0.15) is 17.7 Å². The standard InChI is InChI=1S/C9H11F3N2/c1-14-5-6-4-7(9(10,11)12)2-3-8(6)13-14/h5,7H,2-4H2,1H3/t7-/m1/s1. The topological polar surface area (TPSA) is 17.8 Å². The Morgan fingerprint density at radius 1 is 1.50 bits per heavy atom. The van der Waals surface area contributed by atoms with Crippen LogP contribution in [-0.2, 0) is 19.9 Å². The molecule has 0 fully saturated rings. The molecule has 0 saturated heterocycles. The number of halogens is 3. The van der Waals surface area contributed by atoms with Gasteiger partial charge in [0.25, 0.3) is 0 Å². The third-order valence-electron chi connectivity index (χ3n) is 2.65. The van der Waals surface area contributed by atoms with Crippen LogP contribution in [0.4, 0.5) is 13.2 Å². The van der Waals surface area contributed by atoms with E-state index in [-0.39, 0.29) is 12.8 Å². The molecule has 2 nitrogen and oxygen atoms in total. The van der Waals surface area contributed by atoms with Crippen LogP contribution < -0.4 is 0 Å². The Hall–Kier alpha value is -1.00. The van der Waals surface area contributed by atoms with Crippen molar-refractivity contribution in [2.45, 2.75) is 25.4 Å². The van der Waals surface area contributed by atoms with Gasteiger partial charge in [-0.3, -0.25) is 4.68 Å². The molecular weight excluding hydrogens is 193 g/mol. The number of alkyl halides is 3. The van der Waals surface area contributed by atoms with Gasteiger partial charge in [-0.25, -0.2) is 0 Å². The first-order valence-electron chi connectivity index (χ1n) is 4.55. The summed E-state index contributed by atoms with van der Waals surface area (Å²) in [7, 11) is 1.74. The van der Waals surface area contributed by atoms with Crippen molar-refractivity contribution in [2.24, 2.45) is 13.0 Å². The van der Waals surface area contributed by atoms with Gasteiger partial charge in [0.1, 0.15) is 0 Å². The summed E-state index contributed by atoms with van der Waals surface area (Å²) in [6, 6.07) is 0. The van der Waals surface area contributed by atoms with E-state index in [1.807, 2.05) is 0 Å². The Kier molecular flexibility index (Phi) is 2.05. The van der Waals surface area contributed by atoms with Crippen molar-refractivity contribution in [3.05, 3.63) is 17.5 Å². The Labute approximate surface area is 79.7 Å². The van der Waals surface area contributed by atoms with Crippen LogP contribution in [0.5, 0.6) is 0 Å². The summed E-state index contributed by atoms with van der Waals surface area (Å²) >= 11 is 0. The molecule has 0 bridgehead atoms. The molecule has 1 aromatic rings. The van der Waals surface area contributed by atoms with E-state index in [0.717, 1.165) is 11.3 Å². The van der Waals surface area contributed by atoms with E-state index in [4.69, 9.17) is 0 Å². The average Bonchev–Trinajstić information content (AvgIpc) is 2.41. The molecule has 1 aliphatic rings. The highest BCUT2D eigenvalue weighted by Crippen LogP contribution is 2.36. The van der Waals surface area contributed by atoms with E-state index < -0.39 is 12.1 Å². The zero-order valence-corrected chi connectivity index (χ0v) is 7.80. The van der Waals surface area contributed by atoms with E-state index in [9.17, 15) is 13.2 Å². The zero-order valence-electron chi connectivity index (χ0n) is 7.80. The smallest absolute Gasteiger partial charge is 0.275 e. The number of hydrogen-bond acceptors (Lipinski definition) is 1. The second kappa shape index (κ2) is 3.00. The molecule has 14 heavy (non-hydrogen) atoms. The molecule has 0 aliphatic heterocycles. The number of rotatable bonds is 0. The predicted octanol–water partition coefficient (Wildman–Crippen LogP) is 2.09. The third-order valence-corrected chi connectivity index (χ3v) is 2.65.